The monoisotopic (exact) mass is 600 g/mol. The Balaban J connectivity index is 5.54. The van der Waals surface area contributed by atoms with Gasteiger partial charge in [0.25, 0.3) is 0 Å². The highest BCUT2D eigenvalue weighted by atomic mass is 28.5. The van der Waals surface area contributed by atoms with E-state index in [9.17, 15) is 0 Å². The molecule has 0 aromatic carbocycles. The van der Waals surface area contributed by atoms with Crippen LogP contribution in [0.25, 0.3) is 0 Å². The van der Waals surface area contributed by atoms with Crippen LogP contribution < -0.4 is 0 Å². The predicted molar refractivity (Wildman–Crippen MR) is 166 cm³/mol. The van der Waals surface area contributed by atoms with Crippen LogP contribution >= 0.6 is 0 Å². The lowest BCUT2D eigenvalue weighted by Gasteiger charge is -2.44. The summed E-state index contributed by atoms with van der Waals surface area (Å²) in [6.07, 6.45) is 1.97. The van der Waals surface area contributed by atoms with Crippen molar-refractivity contribution in [3.05, 3.63) is 0 Å². The SMILES string of the molecule is CO[Si](CCCN([Si](C)(C)C)[Si](C)(C)C)(OC)O[Si](CCCN([Si](C)(C)C)[Si](C)(C)C)(OC)OC. The molecular formula is C22H60N2O5Si6. The molecule has 0 spiro atoms. The summed E-state index contributed by atoms with van der Waals surface area (Å²) in [4.78, 5) is 0. The molecule has 0 fully saturated rings. The van der Waals surface area contributed by atoms with E-state index in [0.717, 1.165) is 38.0 Å². The molecule has 212 valence electrons. The minimum Gasteiger partial charge on any atom is -0.377 e. The van der Waals surface area contributed by atoms with E-state index in [0.29, 0.717) is 0 Å². The van der Waals surface area contributed by atoms with Crippen molar-refractivity contribution in [3.63, 3.8) is 0 Å². The van der Waals surface area contributed by atoms with E-state index in [-0.39, 0.29) is 0 Å². The Morgan fingerprint density at radius 3 is 0.829 bits per heavy atom. The Kier molecular flexibility index (Phi) is 14.3. The zero-order chi connectivity index (χ0) is 27.9. The topological polar surface area (TPSA) is 52.6 Å². The third kappa shape index (κ3) is 11.7. The highest BCUT2D eigenvalue weighted by Crippen LogP contribution is 2.29. The first-order valence-corrected chi connectivity index (χ1v) is 30.7. The Bertz CT molecular complexity index is 529. The lowest BCUT2D eigenvalue weighted by molar-refractivity contribution is 0.0856. The van der Waals surface area contributed by atoms with Crippen LogP contribution in [0.5, 0.6) is 0 Å². The molecule has 0 N–H and O–H groups in total. The van der Waals surface area contributed by atoms with E-state index in [2.05, 4.69) is 87.0 Å². The van der Waals surface area contributed by atoms with E-state index < -0.39 is 50.6 Å². The second-order valence-corrected chi connectivity index (χ2v) is 40.1. The van der Waals surface area contributed by atoms with E-state index in [1.54, 1.807) is 28.4 Å². The fourth-order valence-corrected chi connectivity index (χ4v) is 31.1. The van der Waals surface area contributed by atoms with Crippen molar-refractivity contribution in [1.29, 1.82) is 0 Å². The number of rotatable bonds is 18. The van der Waals surface area contributed by atoms with Gasteiger partial charge in [-0.2, -0.15) is 0 Å². The number of hydrogen-bond acceptors (Lipinski definition) is 7. The Labute approximate surface area is 225 Å². The molecular weight excluding hydrogens is 541 g/mol. The van der Waals surface area contributed by atoms with Gasteiger partial charge < -0.3 is 30.3 Å². The normalized spacial score (nSPS) is 14.9. The van der Waals surface area contributed by atoms with Crippen LogP contribution in [0.3, 0.4) is 0 Å². The molecule has 0 atom stereocenters. The average Bonchev–Trinajstić information content (AvgIpc) is 2.68. The first-order chi connectivity index (χ1) is 15.6. The number of hydrogen-bond donors (Lipinski definition) is 0. The maximum atomic E-state index is 6.73. The Morgan fingerprint density at radius 1 is 0.429 bits per heavy atom. The van der Waals surface area contributed by atoms with Gasteiger partial charge in [-0.1, -0.05) is 78.6 Å². The number of nitrogens with zero attached hydrogens (tertiary/aromatic N) is 2. The molecule has 0 radical (unpaired) electrons. The van der Waals surface area contributed by atoms with Gasteiger partial charge in [-0.3, -0.25) is 0 Å². The third-order valence-corrected chi connectivity index (χ3v) is 28.9. The summed E-state index contributed by atoms with van der Waals surface area (Å²) in [5, 5.41) is 0. The highest BCUT2D eigenvalue weighted by Gasteiger charge is 2.52. The second kappa shape index (κ2) is 13.9. The summed E-state index contributed by atoms with van der Waals surface area (Å²) in [5.41, 5.74) is 0. The summed E-state index contributed by atoms with van der Waals surface area (Å²) in [7, 11) is -4.65. The minimum atomic E-state index is -2.94. The third-order valence-electron chi connectivity index (χ3n) is 6.52. The van der Waals surface area contributed by atoms with Gasteiger partial charge in [0.15, 0.2) is 0 Å². The van der Waals surface area contributed by atoms with Gasteiger partial charge in [0.05, 0.1) is 0 Å². The van der Waals surface area contributed by atoms with Crippen LogP contribution in [0, 0.1) is 0 Å². The van der Waals surface area contributed by atoms with Gasteiger partial charge in [-0.15, -0.1) is 0 Å². The molecule has 0 saturated carbocycles. The van der Waals surface area contributed by atoms with Crippen molar-refractivity contribution in [2.45, 2.75) is 103 Å². The summed E-state index contributed by atoms with van der Waals surface area (Å²) >= 11 is 0. The van der Waals surface area contributed by atoms with E-state index >= 15 is 0 Å². The van der Waals surface area contributed by atoms with Crippen molar-refractivity contribution in [2.24, 2.45) is 0 Å². The molecule has 0 aliphatic rings. The average molecular weight is 601 g/mol. The van der Waals surface area contributed by atoms with Crippen molar-refractivity contribution < 1.29 is 21.8 Å². The van der Waals surface area contributed by atoms with E-state index in [1.165, 1.54) is 0 Å². The quantitative estimate of drug-likeness (QED) is 0.174. The highest BCUT2D eigenvalue weighted by molar-refractivity contribution is 6.90. The van der Waals surface area contributed by atoms with Crippen LogP contribution in [0.4, 0.5) is 0 Å². The van der Waals surface area contributed by atoms with E-state index in [1.807, 2.05) is 0 Å². The van der Waals surface area contributed by atoms with Crippen molar-refractivity contribution in [1.82, 2.24) is 8.46 Å². The molecule has 35 heavy (non-hydrogen) atoms. The molecule has 0 aliphatic carbocycles. The van der Waals surface area contributed by atoms with E-state index in [4.69, 9.17) is 21.8 Å². The molecule has 0 saturated heterocycles. The van der Waals surface area contributed by atoms with Crippen LogP contribution in [0.1, 0.15) is 12.8 Å². The molecule has 0 bridgehead atoms. The summed E-state index contributed by atoms with van der Waals surface area (Å²) in [5.74, 6) is 0. The molecule has 0 amide bonds. The largest absolute Gasteiger partial charge is 0.493 e. The van der Waals surface area contributed by atoms with Gasteiger partial charge in [-0.25, -0.2) is 0 Å². The van der Waals surface area contributed by atoms with Gasteiger partial charge in [0.2, 0.25) is 0 Å². The molecule has 0 rings (SSSR count). The Hall–Kier alpha value is 1.02. The molecule has 0 unspecified atom stereocenters. The maximum Gasteiger partial charge on any atom is 0.493 e. The molecule has 0 aliphatic heterocycles. The molecule has 7 nitrogen and oxygen atoms in total. The molecule has 0 aromatic rings. The van der Waals surface area contributed by atoms with Crippen molar-refractivity contribution in [3.8, 4) is 0 Å². The zero-order valence-electron chi connectivity index (χ0n) is 26.2. The van der Waals surface area contributed by atoms with Crippen LogP contribution in [-0.4, -0.2) is 101 Å². The minimum absolute atomic E-state index is 0.767. The molecule has 13 heteroatoms. The first-order valence-electron chi connectivity index (χ1n) is 13.1. The van der Waals surface area contributed by atoms with Crippen LogP contribution in [0.2, 0.25) is 90.7 Å². The summed E-state index contributed by atoms with van der Waals surface area (Å²) < 4.78 is 36.4. The predicted octanol–water partition coefficient (Wildman–Crippen LogP) is 6.19. The lowest BCUT2D eigenvalue weighted by Crippen LogP contribution is -2.61. The fraction of sp³-hybridized carbons (Fsp3) is 1.00. The maximum absolute atomic E-state index is 6.73. The van der Waals surface area contributed by atoms with Gasteiger partial charge >= 0.3 is 17.6 Å². The zero-order valence-corrected chi connectivity index (χ0v) is 32.2. The standard InChI is InChI=1S/C22H60N2O5Si6/c1-25-34(26-2,21-17-19-23(30(5,6)7)31(8,9)10)29-35(27-3,28-4)22-18-20-24(32(11,12)13)33(14,15)16/h17-22H2,1-16H3. The van der Waals surface area contributed by atoms with Crippen LogP contribution in [0.15, 0.2) is 0 Å². The first kappa shape index (κ1) is 36.0. The van der Waals surface area contributed by atoms with Crippen molar-refractivity contribution in [2.75, 3.05) is 41.5 Å². The summed E-state index contributed by atoms with van der Waals surface area (Å²) in [6, 6.07) is 1.53. The van der Waals surface area contributed by atoms with Gasteiger partial charge in [0, 0.05) is 40.5 Å². The fourth-order valence-electron chi connectivity index (χ4n) is 5.34. The Morgan fingerprint density at radius 2 is 0.657 bits per heavy atom. The lowest BCUT2D eigenvalue weighted by atomic mass is 10.5. The van der Waals surface area contributed by atoms with Gasteiger partial charge in [0.1, 0.15) is 32.9 Å². The van der Waals surface area contributed by atoms with Gasteiger partial charge in [-0.05, 0) is 25.9 Å². The van der Waals surface area contributed by atoms with Crippen LogP contribution in [-0.2, 0) is 21.8 Å². The smallest absolute Gasteiger partial charge is 0.377 e. The summed E-state index contributed by atoms with van der Waals surface area (Å²) in [6.45, 7) is 31.4. The van der Waals surface area contributed by atoms with Crippen molar-refractivity contribution >= 4 is 50.6 Å². The second-order valence-electron chi connectivity index (χ2n) is 13.5. The molecule has 0 aromatic heterocycles. The molecule has 0 heterocycles.